The summed E-state index contributed by atoms with van der Waals surface area (Å²) < 4.78 is 2.32. The zero-order valence-corrected chi connectivity index (χ0v) is 11.3. The van der Waals surface area contributed by atoms with Gasteiger partial charge < -0.3 is 10.3 Å². The second-order valence-electron chi connectivity index (χ2n) is 5.28. The minimum atomic E-state index is 0.707. The van der Waals surface area contributed by atoms with Gasteiger partial charge in [0, 0.05) is 12.2 Å². The lowest BCUT2D eigenvalue weighted by molar-refractivity contribution is 0.627. The summed E-state index contributed by atoms with van der Waals surface area (Å²) in [6, 6.07) is 8.60. The van der Waals surface area contributed by atoms with Gasteiger partial charge >= 0.3 is 0 Å². The molecule has 0 spiro atoms. The average Bonchev–Trinajstić information content (AvgIpc) is 2.85. The quantitative estimate of drug-likeness (QED) is 0.911. The van der Waals surface area contributed by atoms with E-state index in [-0.39, 0.29) is 0 Å². The SMILES string of the molecule is NCCc1ccccc1Cn1cnc2c1CCCC2. The second-order valence-corrected chi connectivity index (χ2v) is 5.28. The number of rotatable bonds is 4. The van der Waals surface area contributed by atoms with Gasteiger partial charge in [-0.3, -0.25) is 0 Å². The van der Waals surface area contributed by atoms with Crippen molar-refractivity contribution in [2.75, 3.05) is 6.54 Å². The Bertz CT molecular complexity index is 557. The van der Waals surface area contributed by atoms with Crippen molar-refractivity contribution in [3.8, 4) is 0 Å². The van der Waals surface area contributed by atoms with Gasteiger partial charge in [-0.25, -0.2) is 4.98 Å². The fourth-order valence-electron chi connectivity index (χ4n) is 2.96. The number of aromatic nitrogens is 2. The summed E-state index contributed by atoms with van der Waals surface area (Å²) in [7, 11) is 0. The van der Waals surface area contributed by atoms with Gasteiger partial charge in [-0.05, 0) is 49.8 Å². The first-order valence-corrected chi connectivity index (χ1v) is 7.18. The molecule has 2 aromatic rings. The zero-order chi connectivity index (χ0) is 13.1. The molecule has 2 N–H and O–H groups in total. The summed E-state index contributed by atoms with van der Waals surface area (Å²) in [5.41, 5.74) is 11.2. The Balaban J connectivity index is 1.87. The Morgan fingerprint density at radius 3 is 2.74 bits per heavy atom. The van der Waals surface area contributed by atoms with E-state index in [9.17, 15) is 0 Å². The average molecular weight is 255 g/mol. The molecule has 1 aromatic heterocycles. The van der Waals surface area contributed by atoms with Crippen molar-refractivity contribution in [3.63, 3.8) is 0 Å². The van der Waals surface area contributed by atoms with E-state index in [4.69, 9.17) is 5.73 Å². The van der Waals surface area contributed by atoms with Gasteiger partial charge in [0.2, 0.25) is 0 Å². The fraction of sp³-hybridized carbons (Fsp3) is 0.438. The van der Waals surface area contributed by atoms with Crippen molar-refractivity contribution in [2.24, 2.45) is 5.73 Å². The second kappa shape index (κ2) is 5.57. The highest BCUT2D eigenvalue weighted by Gasteiger charge is 2.15. The molecule has 3 heteroatoms. The van der Waals surface area contributed by atoms with E-state index in [1.54, 1.807) is 0 Å². The lowest BCUT2D eigenvalue weighted by Gasteiger charge is -2.15. The van der Waals surface area contributed by atoms with E-state index in [0.29, 0.717) is 6.54 Å². The van der Waals surface area contributed by atoms with Crippen LogP contribution in [-0.4, -0.2) is 16.1 Å². The van der Waals surface area contributed by atoms with Crippen LogP contribution in [0.5, 0.6) is 0 Å². The molecule has 1 aliphatic carbocycles. The van der Waals surface area contributed by atoms with Crippen molar-refractivity contribution in [1.82, 2.24) is 9.55 Å². The van der Waals surface area contributed by atoms with Crippen LogP contribution in [0.1, 0.15) is 35.4 Å². The Labute approximate surface area is 114 Å². The summed E-state index contributed by atoms with van der Waals surface area (Å²) in [6.07, 6.45) is 7.86. The number of aryl methyl sites for hydroxylation is 1. The number of nitrogens with zero attached hydrogens (tertiary/aromatic N) is 2. The molecule has 100 valence electrons. The van der Waals surface area contributed by atoms with E-state index >= 15 is 0 Å². The molecule has 0 unspecified atom stereocenters. The molecule has 1 aliphatic rings. The normalized spacial score (nSPS) is 14.4. The lowest BCUT2D eigenvalue weighted by atomic mass is 10.0. The van der Waals surface area contributed by atoms with E-state index in [1.165, 1.54) is 41.8 Å². The van der Waals surface area contributed by atoms with Gasteiger partial charge in [-0.1, -0.05) is 24.3 Å². The molecule has 0 atom stereocenters. The molecular formula is C16H21N3. The predicted octanol–water partition coefficient (Wildman–Crippen LogP) is 2.31. The summed E-state index contributed by atoms with van der Waals surface area (Å²) >= 11 is 0. The molecule has 3 rings (SSSR count). The van der Waals surface area contributed by atoms with Crippen molar-refractivity contribution in [1.29, 1.82) is 0 Å². The van der Waals surface area contributed by atoms with Crippen molar-refractivity contribution >= 4 is 0 Å². The third-order valence-corrected chi connectivity index (χ3v) is 3.98. The number of fused-ring (bicyclic) bond motifs is 1. The molecule has 0 saturated carbocycles. The lowest BCUT2D eigenvalue weighted by Crippen LogP contribution is -2.11. The Morgan fingerprint density at radius 1 is 1.11 bits per heavy atom. The maximum atomic E-state index is 5.69. The molecule has 0 saturated heterocycles. The topological polar surface area (TPSA) is 43.8 Å². The number of imidazole rings is 1. The summed E-state index contributed by atoms with van der Waals surface area (Å²) in [6.45, 7) is 1.64. The minimum absolute atomic E-state index is 0.707. The van der Waals surface area contributed by atoms with E-state index in [1.807, 2.05) is 6.33 Å². The van der Waals surface area contributed by atoms with Gasteiger partial charge in [0.25, 0.3) is 0 Å². The maximum absolute atomic E-state index is 5.69. The van der Waals surface area contributed by atoms with Crippen LogP contribution in [0, 0.1) is 0 Å². The molecule has 0 amide bonds. The van der Waals surface area contributed by atoms with Crippen LogP contribution in [0.3, 0.4) is 0 Å². The first-order valence-electron chi connectivity index (χ1n) is 7.18. The van der Waals surface area contributed by atoms with Crippen LogP contribution in [0.25, 0.3) is 0 Å². The number of hydrogen-bond acceptors (Lipinski definition) is 2. The van der Waals surface area contributed by atoms with Crippen LogP contribution in [0.2, 0.25) is 0 Å². The smallest absolute Gasteiger partial charge is 0.0954 e. The number of benzene rings is 1. The summed E-state index contributed by atoms with van der Waals surface area (Å²) in [5.74, 6) is 0. The number of nitrogens with two attached hydrogens (primary N) is 1. The molecule has 0 radical (unpaired) electrons. The third kappa shape index (κ3) is 2.56. The van der Waals surface area contributed by atoms with E-state index < -0.39 is 0 Å². The van der Waals surface area contributed by atoms with Crippen LogP contribution in [-0.2, 0) is 25.8 Å². The minimum Gasteiger partial charge on any atom is -0.330 e. The Morgan fingerprint density at radius 2 is 1.89 bits per heavy atom. The first-order chi connectivity index (χ1) is 9.38. The molecule has 1 heterocycles. The number of hydrogen-bond donors (Lipinski definition) is 1. The van der Waals surface area contributed by atoms with E-state index in [2.05, 4.69) is 33.8 Å². The molecule has 1 aromatic carbocycles. The molecule has 0 aliphatic heterocycles. The monoisotopic (exact) mass is 255 g/mol. The van der Waals surface area contributed by atoms with Crippen LogP contribution in [0.4, 0.5) is 0 Å². The van der Waals surface area contributed by atoms with Crippen LogP contribution >= 0.6 is 0 Å². The highest BCUT2D eigenvalue weighted by atomic mass is 15.1. The first kappa shape index (κ1) is 12.4. The van der Waals surface area contributed by atoms with Gasteiger partial charge in [0.15, 0.2) is 0 Å². The van der Waals surface area contributed by atoms with E-state index in [0.717, 1.165) is 19.4 Å². The van der Waals surface area contributed by atoms with Gasteiger partial charge in [0.1, 0.15) is 0 Å². The third-order valence-electron chi connectivity index (χ3n) is 3.98. The van der Waals surface area contributed by atoms with Crippen LogP contribution in [0.15, 0.2) is 30.6 Å². The molecule has 3 nitrogen and oxygen atoms in total. The van der Waals surface area contributed by atoms with Gasteiger partial charge in [0.05, 0.1) is 12.0 Å². The van der Waals surface area contributed by atoms with Crippen LogP contribution < -0.4 is 5.73 Å². The van der Waals surface area contributed by atoms with Gasteiger partial charge in [-0.2, -0.15) is 0 Å². The Kier molecular flexibility index (Phi) is 3.65. The highest BCUT2D eigenvalue weighted by Crippen LogP contribution is 2.21. The van der Waals surface area contributed by atoms with Crippen molar-refractivity contribution in [3.05, 3.63) is 53.1 Å². The molecule has 19 heavy (non-hydrogen) atoms. The van der Waals surface area contributed by atoms with Crippen molar-refractivity contribution < 1.29 is 0 Å². The molecule has 0 bridgehead atoms. The molecular weight excluding hydrogens is 234 g/mol. The highest BCUT2D eigenvalue weighted by molar-refractivity contribution is 5.29. The standard InChI is InChI=1S/C16H21N3/c17-10-9-13-5-1-2-6-14(13)11-19-12-18-15-7-3-4-8-16(15)19/h1-2,5-6,12H,3-4,7-11,17H2. The molecule has 0 fully saturated rings. The fourth-order valence-corrected chi connectivity index (χ4v) is 2.96. The predicted molar refractivity (Wildman–Crippen MR) is 77.2 cm³/mol. The summed E-state index contributed by atoms with van der Waals surface area (Å²) in [4.78, 5) is 4.57. The maximum Gasteiger partial charge on any atom is 0.0954 e. The Hall–Kier alpha value is -1.61. The van der Waals surface area contributed by atoms with Gasteiger partial charge in [-0.15, -0.1) is 0 Å². The zero-order valence-electron chi connectivity index (χ0n) is 11.3. The summed E-state index contributed by atoms with van der Waals surface area (Å²) in [5, 5.41) is 0. The van der Waals surface area contributed by atoms with Crippen molar-refractivity contribution in [2.45, 2.75) is 38.6 Å². The largest absolute Gasteiger partial charge is 0.330 e.